The van der Waals surface area contributed by atoms with Crippen molar-refractivity contribution in [1.29, 1.82) is 0 Å². The fourth-order valence-electron chi connectivity index (χ4n) is 5.53. The second-order valence-electron chi connectivity index (χ2n) is 10.3. The van der Waals surface area contributed by atoms with Crippen LogP contribution in [0.15, 0.2) is 30.6 Å². The molecule has 1 aromatic carbocycles. The number of likely N-dealkylation sites (tertiary alicyclic amines) is 1. The molecule has 0 radical (unpaired) electrons. The molecule has 5 rings (SSSR count). The zero-order valence-corrected chi connectivity index (χ0v) is 21.1. The third kappa shape index (κ3) is 5.71. The highest BCUT2D eigenvalue weighted by Gasteiger charge is 2.43. The standard InChI is InChI=1S/C28H38N4O3/c1-3-20-18-29-28(30-19-20)32-12-7-21(8-13-32)25-15-22(25)9-14-35-24-6-5-23(26(17-24)34-2)16-27(33)31-10-4-11-31/h5-6,17-19,21-22,25H,3-4,7-16H2,1-2H3/t22-,25-/m0/s1. The van der Waals surface area contributed by atoms with Gasteiger partial charge in [0.1, 0.15) is 11.5 Å². The maximum atomic E-state index is 12.3. The van der Waals surface area contributed by atoms with Crippen LogP contribution in [-0.4, -0.2) is 60.7 Å². The minimum Gasteiger partial charge on any atom is -0.496 e. The molecule has 0 unspecified atom stereocenters. The van der Waals surface area contributed by atoms with Gasteiger partial charge < -0.3 is 19.3 Å². The first-order valence-electron chi connectivity index (χ1n) is 13.3. The van der Waals surface area contributed by atoms with E-state index >= 15 is 0 Å². The van der Waals surface area contributed by atoms with Gasteiger partial charge in [0.25, 0.3) is 0 Å². The van der Waals surface area contributed by atoms with Crippen molar-refractivity contribution < 1.29 is 14.3 Å². The highest BCUT2D eigenvalue weighted by molar-refractivity contribution is 5.80. The number of aryl methyl sites for hydroxylation is 1. The van der Waals surface area contributed by atoms with Gasteiger partial charge in [0.2, 0.25) is 11.9 Å². The third-order valence-corrected chi connectivity index (χ3v) is 8.07. The molecule has 1 aliphatic carbocycles. The van der Waals surface area contributed by atoms with Crippen molar-refractivity contribution in [2.75, 3.05) is 44.8 Å². The molecule has 7 heteroatoms. The van der Waals surface area contributed by atoms with Crippen molar-refractivity contribution in [3.05, 3.63) is 41.7 Å². The van der Waals surface area contributed by atoms with E-state index in [1.54, 1.807) is 7.11 Å². The number of rotatable bonds is 10. The molecule has 2 atom stereocenters. The third-order valence-electron chi connectivity index (χ3n) is 8.07. The van der Waals surface area contributed by atoms with Crippen LogP contribution in [0.5, 0.6) is 11.5 Å². The van der Waals surface area contributed by atoms with Gasteiger partial charge in [0.15, 0.2) is 0 Å². The number of methoxy groups -OCH3 is 1. The largest absolute Gasteiger partial charge is 0.496 e. The number of hydrogen-bond donors (Lipinski definition) is 0. The van der Waals surface area contributed by atoms with E-state index < -0.39 is 0 Å². The Labute approximate surface area is 208 Å². The SMILES string of the molecule is CCc1cnc(N2CCC([C@@H]3C[C@@H]3CCOc3ccc(CC(=O)N4CCC4)c(OC)c3)CC2)nc1. The number of ether oxygens (including phenoxy) is 2. The summed E-state index contributed by atoms with van der Waals surface area (Å²) in [5, 5.41) is 0. The highest BCUT2D eigenvalue weighted by Crippen LogP contribution is 2.49. The van der Waals surface area contributed by atoms with Crippen LogP contribution in [0.2, 0.25) is 0 Å². The number of amides is 1. The number of piperidine rings is 1. The highest BCUT2D eigenvalue weighted by atomic mass is 16.5. The molecule has 2 aliphatic heterocycles. The molecule has 7 nitrogen and oxygen atoms in total. The number of aromatic nitrogens is 2. The second kappa shape index (κ2) is 10.8. The van der Waals surface area contributed by atoms with E-state index in [4.69, 9.17) is 9.47 Å². The lowest BCUT2D eigenvalue weighted by atomic mass is 9.90. The number of nitrogens with zero attached hydrogens (tertiary/aromatic N) is 4. The summed E-state index contributed by atoms with van der Waals surface area (Å²) < 4.78 is 11.6. The topological polar surface area (TPSA) is 67.8 Å². The predicted octanol–water partition coefficient (Wildman–Crippen LogP) is 4.14. The van der Waals surface area contributed by atoms with Crippen LogP contribution in [0.25, 0.3) is 0 Å². The van der Waals surface area contributed by atoms with E-state index in [0.29, 0.717) is 6.42 Å². The number of carbonyl (C=O) groups excluding carboxylic acids is 1. The van der Waals surface area contributed by atoms with E-state index in [2.05, 4.69) is 21.8 Å². The monoisotopic (exact) mass is 478 g/mol. The smallest absolute Gasteiger partial charge is 0.227 e. The Morgan fingerprint density at radius 3 is 2.54 bits per heavy atom. The fourth-order valence-corrected chi connectivity index (χ4v) is 5.53. The summed E-state index contributed by atoms with van der Waals surface area (Å²) in [6.45, 7) is 6.74. The Bertz CT molecular complexity index is 1000. The van der Waals surface area contributed by atoms with Crippen LogP contribution >= 0.6 is 0 Å². The first-order chi connectivity index (χ1) is 17.1. The van der Waals surface area contributed by atoms with Crippen molar-refractivity contribution in [2.45, 2.75) is 51.9 Å². The molecule has 0 spiro atoms. The van der Waals surface area contributed by atoms with Gasteiger partial charge in [-0.1, -0.05) is 13.0 Å². The number of carbonyl (C=O) groups is 1. The molecule has 3 aliphatic rings. The molecule has 2 saturated heterocycles. The van der Waals surface area contributed by atoms with E-state index in [1.807, 2.05) is 35.5 Å². The summed E-state index contributed by atoms with van der Waals surface area (Å²) in [5.74, 6) is 5.05. The van der Waals surface area contributed by atoms with Gasteiger partial charge in [-0.3, -0.25) is 4.79 Å². The van der Waals surface area contributed by atoms with Crippen LogP contribution in [0.3, 0.4) is 0 Å². The molecule has 188 valence electrons. The van der Waals surface area contributed by atoms with Crippen molar-refractivity contribution in [3.63, 3.8) is 0 Å². The van der Waals surface area contributed by atoms with E-state index in [-0.39, 0.29) is 5.91 Å². The van der Waals surface area contributed by atoms with Gasteiger partial charge in [0.05, 0.1) is 20.1 Å². The zero-order valence-electron chi connectivity index (χ0n) is 21.1. The van der Waals surface area contributed by atoms with Gasteiger partial charge in [-0.15, -0.1) is 0 Å². The normalized spacial score (nSPS) is 22.0. The Morgan fingerprint density at radius 2 is 1.89 bits per heavy atom. The molecule has 2 aromatic rings. The first-order valence-corrected chi connectivity index (χ1v) is 13.3. The number of anilines is 1. The van der Waals surface area contributed by atoms with Gasteiger partial charge in [-0.25, -0.2) is 9.97 Å². The number of hydrogen-bond acceptors (Lipinski definition) is 6. The predicted molar refractivity (Wildman–Crippen MR) is 136 cm³/mol. The van der Waals surface area contributed by atoms with E-state index in [9.17, 15) is 4.79 Å². The Hall–Kier alpha value is -2.83. The molecule has 0 bridgehead atoms. The van der Waals surface area contributed by atoms with Crippen LogP contribution in [0.4, 0.5) is 5.95 Å². The Balaban J connectivity index is 1.03. The first kappa shape index (κ1) is 23.9. The molecule has 1 saturated carbocycles. The summed E-state index contributed by atoms with van der Waals surface area (Å²) in [6.07, 6.45) is 11.3. The molecule has 1 amide bonds. The average molecular weight is 479 g/mol. The summed E-state index contributed by atoms with van der Waals surface area (Å²) in [5.41, 5.74) is 2.12. The van der Waals surface area contributed by atoms with Gasteiger partial charge in [-0.2, -0.15) is 0 Å². The maximum Gasteiger partial charge on any atom is 0.227 e. The minimum atomic E-state index is 0.177. The quantitative estimate of drug-likeness (QED) is 0.511. The molecule has 3 heterocycles. The van der Waals surface area contributed by atoms with Crippen LogP contribution in [-0.2, 0) is 17.6 Å². The van der Waals surface area contributed by atoms with Crippen LogP contribution < -0.4 is 14.4 Å². The maximum absolute atomic E-state index is 12.3. The van der Waals surface area contributed by atoms with Crippen molar-refractivity contribution >= 4 is 11.9 Å². The second-order valence-corrected chi connectivity index (χ2v) is 10.3. The van der Waals surface area contributed by atoms with E-state index in [0.717, 1.165) is 92.8 Å². The van der Waals surface area contributed by atoms with E-state index in [1.165, 1.54) is 24.8 Å². The Kier molecular flexibility index (Phi) is 7.40. The summed E-state index contributed by atoms with van der Waals surface area (Å²) in [7, 11) is 1.66. The summed E-state index contributed by atoms with van der Waals surface area (Å²) in [6, 6.07) is 5.86. The van der Waals surface area contributed by atoms with Gasteiger partial charge >= 0.3 is 0 Å². The molecular weight excluding hydrogens is 440 g/mol. The van der Waals surface area contributed by atoms with Crippen LogP contribution in [0, 0.1) is 17.8 Å². The molecular formula is C28H38N4O3. The fraction of sp³-hybridized carbons (Fsp3) is 0.607. The van der Waals surface area contributed by atoms with Crippen molar-refractivity contribution in [3.8, 4) is 11.5 Å². The molecule has 0 N–H and O–H groups in total. The lowest BCUT2D eigenvalue weighted by Crippen LogP contribution is -2.42. The van der Waals surface area contributed by atoms with Crippen LogP contribution in [0.1, 0.15) is 50.2 Å². The molecule has 35 heavy (non-hydrogen) atoms. The number of benzene rings is 1. The summed E-state index contributed by atoms with van der Waals surface area (Å²) >= 11 is 0. The van der Waals surface area contributed by atoms with Crippen molar-refractivity contribution in [1.82, 2.24) is 14.9 Å². The van der Waals surface area contributed by atoms with Gasteiger partial charge in [0, 0.05) is 50.2 Å². The average Bonchev–Trinajstić information content (AvgIpc) is 3.63. The van der Waals surface area contributed by atoms with Gasteiger partial charge in [-0.05, 0) is 67.9 Å². The molecule has 3 fully saturated rings. The summed E-state index contributed by atoms with van der Waals surface area (Å²) in [4.78, 5) is 25.7. The molecule has 1 aromatic heterocycles. The van der Waals surface area contributed by atoms with Crippen molar-refractivity contribution in [2.24, 2.45) is 17.8 Å². The minimum absolute atomic E-state index is 0.177. The lowest BCUT2D eigenvalue weighted by molar-refractivity contribution is -0.133. The Morgan fingerprint density at radius 1 is 1.11 bits per heavy atom. The zero-order chi connectivity index (χ0) is 24.2. The lowest BCUT2D eigenvalue weighted by Gasteiger charge is -2.32.